The van der Waals surface area contributed by atoms with Crippen LogP contribution >= 0.6 is 11.8 Å². The van der Waals surface area contributed by atoms with Gasteiger partial charge >= 0.3 is 0 Å². The first-order chi connectivity index (χ1) is 26.4. The molecule has 1 fully saturated rings. The molecule has 5 aromatic rings. The van der Waals surface area contributed by atoms with Crippen molar-refractivity contribution in [1.82, 2.24) is 5.32 Å². The van der Waals surface area contributed by atoms with E-state index in [1.807, 2.05) is 54.6 Å². The second kappa shape index (κ2) is 19.9. The lowest BCUT2D eigenvalue weighted by atomic mass is 9.99. The highest BCUT2D eigenvalue weighted by molar-refractivity contribution is 7.99. The van der Waals surface area contributed by atoms with Crippen LogP contribution in [0.15, 0.2) is 132 Å². The van der Waals surface area contributed by atoms with Crippen LogP contribution in [0.3, 0.4) is 0 Å². The fraction of sp³-hybridized carbons (Fsp3) is 0.289. The summed E-state index contributed by atoms with van der Waals surface area (Å²) in [6.45, 7) is 0.469. The lowest BCUT2D eigenvalue weighted by Gasteiger charge is -2.36. The Balaban J connectivity index is 0.975. The van der Waals surface area contributed by atoms with Gasteiger partial charge in [0.1, 0.15) is 0 Å². The minimum Gasteiger partial charge on any atom is -0.397 e. The molecule has 9 heteroatoms. The van der Waals surface area contributed by atoms with E-state index in [4.69, 9.17) is 15.2 Å². The van der Waals surface area contributed by atoms with Crippen LogP contribution in [0.25, 0.3) is 11.1 Å². The first-order valence-electron chi connectivity index (χ1n) is 18.7. The Kier molecular flexibility index (Phi) is 14.3. The zero-order valence-electron chi connectivity index (χ0n) is 30.5. The molecule has 0 radical (unpaired) electrons. The van der Waals surface area contributed by atoms with Gasteiger partial charge in [-0.2, -0.15) is 0 Å². The van der Waals surface area contributed by atoms with E-state index in [9.17, 15) is 14.7 Å². The number of nitrogens with one attached hydrogen (secondary N) is 2. The molecule has 0 bridgehead atoms. The SMILES string of the molecule is Nc1ccccc1NC(=O)CCCCCCC(=O)NCc1cccc(-c2ccc([C@H]3O[C@@H](CSc4ccccc4)C[C@@H](c4ccc(CO)cc4)O3)cc2)c1. The van der Waals surface area contributed by atoms with Crippen LogP contribution in [0.4, 0.5) is 11.4 Å². The second-order valence-electron chi connectivity index (χ2n) is 13.6. The summed E-state index contributed by atoms with van der Waals surface area (Å²) in [7, 11) is 0. The van der Waals surface area contributed by atoms with Gasteiger partial charge < -0.3 is 30.9 Å². The molecular weight excluding hydrogens is 695 g/mol. The number of nitrogens with two attached hydrogens (primary N) is 1. The Morgan fingerprint density at radius 1 is 0.704 bits per heavy atom. The van der Waals surface area contributed by atoms with Gasteiger partial charge in [-0.25, -0.2) is 0 Å². The summed E-state index contributed by atoms with van der Waals surface area (Å²) in [6, 6.07) is 42.1. The van der Waals surface area contributed by atoms with Gasteiger partial charge in [-0.15, -0.1) is 11.8 Å². The number of hydrogen-bond acceptors (Lipinski definition) is 7. The highest BCUT2D eigenvalue weighted by atomic mass is 32.2. The zero-order chi connectivity index (χ0) is 37.5. The second-order valence-corrected chi connectivity index (χ2v) is 14.7. The minimum absolute atomic E-state index is 0.00989. The maximum absolute atomic E-state index is 12.6. The number of aliphatic hydroxyl groups excluding tert-OH is 1. The number of amides is 2. The number of carbonyl (C=O) groups is 2. The summed E-state index contributed by atoms with van der Waals surface area (Å²) >= 11 is 1.79. The molecule has 8 nitrogen and oxygen atoms in total. The normalized spacial score (nSPS) is 16.8. The number of rotatable bonds is 17. The van der Waals surface area contributed by atoms with E-state index in [0.29, 0.717) is 30.8 Å². The molecule has 5 aromatic carbocycles. The first-order valence-corrected chi connectivity index (χ1v) is 19.7. The lowest BCUT2D eigenvalue weighted by molar-refractivity contribution is -0.245. The number of ether oxygens (including phenoxy) is 2. The molecule has 3 atom stereocenters. The van der Waals surface area contributed by atoms with E-state index < -0.39 is 6.29 Å². The fourth-order valence-corrected chi connectivity index (χ4v) is 7.40. The van der Waals surface area contributed by atoms with Crippen LogP contribution in [0.2, 0.25) is 0 Å². The third-order valence-corrected chi connectivity index (χ3v) is 10.7. The summed E-state index contributed by atoms with van der Waals surface area (Å²) in [5, 5.41) is 15.4. The van der Waals surface area contributed by atoms with Crippen molar-refractivity contribution >= 4 is 35.0 Å². The van der Waals surface area contributed by atoms with Crippen molar-refractivity contribution in [3.63, 3.8) is 0 Å². The Morgan fingerprint density at radius 2 is 1.41 bits per heavy atom. The molecule has 0 aromatic heterocycles. The largest absolute Gasteiger partial charge is 0.397 e. The van der Waals surface area contributed by atoms with Crippen molar-refractivity contribution < 1.29 is 24.2 Å². The lowest BCUT2D eigenvalue weighted by Crippen LogP contribution is -2.31. The van der Waals surface area contributed by atoms with Gasteiger partial charge in [0.05, 0.1) is 30.2 Å². The van der Waals surface area contributed by atoms with E-state index in [1.165, 1.54) is 4.90 Å². The molecule has 280 valence electrons. The summed E-state index contributed by atoms with van der Waals surface area (Å²) in [5.74, 6) is 0.787. The number of unbranched alkanes of at least 4 members (excludes halogenated alkanes) is 3. The standard InChI is InChI=1S/C45H49N3O5S/c46-40-15-8-9-16-41(40)48-44(51)18-7-2-1-6-17-43(50)47-29-33-11-10-12-37(27-33)34-23-25-36(26-24-34)45-52-38(31-54-39-13-4-3-5-14-39)28-42(53-45)35-21-19-32(30-49)20-22-35/h3-5,8-16,19-27,38,42,45,49H,1-2,6-7,17-18,28-31,46H2,(H,47,50)(H,48,51)/t38-,42+,45+/m1/s1. The average molecular weight is 744 g/mol. The molecule has 0 saturated carbocycles. The van der Waals surface area contributed by atoms with Gasteiger partial charge in [-0.05, 0) is 71.0 Å². The number of thioether (sulfide) groups is 1. The van der Waals surface area contributed by atoms with Gasteiger partial charge in [0.15, 0.2) is 6.29 Å². The van der Waals surface area contributed by atoms with Crippen LogP contribution < -0.4 is 16.4 Å². The van der Waals surface area contributed by atoms with Crippen LogP contribution in [0.1, 0.15) is 79.6 Å². The molecule has 0 spiro atoms. The maximum Gasteiger partial charge on any atom is 0.224 e. The van der Waals surface area contributed by atoms with Crippen molar-refractivity contribution in [3.05, 3.63) is 150 Å². The topological polar surface area (TPSA) is 123 Å². The van der Waals surface area contributed by atoms with E-state index in [1.54, 1.807) is 23.9 Å². The van der Waals surface area contributed by atoms with Gasteiger partial charge in [-0.3, -0.25) is 9.59 Å². The van der Waals surface area contributed by atoms with E-state index in [2.05, 4.69) is 71.3 Å². The molecule has 1 aliphatic heterocycles. The predicted molar refractivity (Wildman–Crippen MR) is 216 cm³/mol. The zero-order valence-corrected chi connectivity index (χ0v) is 31.3. The van der Waals surface area contributed by atoms with Gasteiger partial charge in [0.25, 0.3) is 0 Å². The van der Waals surface area contributed by atoms with Gasteiger partial charge in [0, 0.05) is 42.0 Å². The molecule has 1 saturated heterocycles. The smallest absolute Gasteiger partial charge is 0.224 e. The highest BCUT2D eigenvalue weighted by Gasteiger charge is 2.32. The van der Waals surface area contributed by atoms with E-state index in [-0.39, 0.29) is 30.6 Å². The molecular formula is C45H49N3O5S. The number of aliphatic hydroxyl groups is 1. The monoisotopic (exact) mass is 743 g/mol. The molecule has 2 amide bonds. The van der Waals surface area contributed by atoms with Crippen molar-refractivity contribution in [2.24, 2.45) is 0 Å². The van der Waals surface area contributed by atoms with Crippen molar-refractivity contribution in [1.29, 1.82) is 0 Å². The Morgan fingerprint density at radius 3 is 2.15 bits per heavy atom. The minimum atomic E-state index is -0.516. The molecule has 54 heavy (non-hydrogen) atoms. The number of carbonyl (C=O) groups excluding carboxylic acids is 2. The van der Waals surface area contributed by atoms with Crippen molar-refractivity contribution in [2.75, 3.05) is 16.8 Å². The van der Waals surface area contributed by atoms with Crippen molar-refractivity contribution in [3.8, 4) is 11.1 Å². The molecule has 0 unspecified atom stereocenters. The van der Waals surface area contributed by atoms with Crippen molar-refractivity contribution in [2.45, 2.75) is 81.5 Å². The number of anilines is 2. The number of para-hydroxylation sites is 2. The molecule has 1 heterocycles. The maximum atomic E-state index is 12.6. The van der Waals surface area contributed by atoms with E-state index >= 15 is 0 Å². The van der Waals surface area contributed by atoms with Crippen LogP contribution in [-0.4, -0.2) is 28.8 Å². The summed E-state index contributed by atoms with van der Waals surface area (Å²) in [4.78, 5) is 26.0. The van der Waals surface area contributed by atoms with Crippen LogP contribution in [-0.2, 0) is 32.2 Å². The van der Waals surface area contributed by atoms with E-state index in [0.717, 1.165) is 71.2 Å². The third kappa shape index (κ3) is 11.5. The fourth-order valence-electron chi connectivity index (χ4n) is 6.46. The average Bonchev–Trinajstić information content (AvgIpc) is 3.22. The number of hydrogen-bond donors (Lipinski definition) is 4. The third-order valence-electron chi connectivity index (χ3n) is 9.52. The van der Waals surface area contributed by atoms with Gasteiger partial charge in [0.2, 0.25) is 11.8 Å². The Labute approximate surface area is 322 Å². The molecule has 1 aliphatic rings. The quantitative estimate of drug-likeness (QED) is 0.0425. The summed E-state index contributed by atoms with van der Waals surface area (Å²) in [6.07, 6.45) is 4.29. The van der Waals surface area contributed by atoms with Crippen LogP contribution in [0, 0.1) is 0 Å². The number of benzene rings is 5. The highest BCUT2D eigenvalue weighted by Crippen LogP contribution is 2.40. The Bertz CT molecular complexity index is 1940. The first kappa shape index (κ1) is 38.8. The molecule has 5 N–H and O–H groups in total. The molecule has 6 rings (SSSR count). The molecule has 0 aliphatic carbocycles. The Hall–Kier alpha value is -4.93. The predicted octanol–water partition coefficient (Wildman–Crippen LogP) is 9.36. The summed E-state index contributed by atoms with van der Waals surface area (Å²) in [5.41, 5.74) is 13.2. The summed E-state index contributed by atoms with van der Waals surface area (Å²) < 4.78 is 13.1. The van der Waals surface area contributed by atoms with Gasteiger partial charge in [-0.1, -0.05) is 110 Å². The van der Waals surface area contributed by atoms with Crippen LogP contribution in [0.5, 0.6) is 0 Å². The number of nitrogen functional groups attached to an aromatic ring is 1.